The van der Waals surface area contributed by atoms with Crippen LogP contribution >= 0.6 is 23.2 Å². The van der Waals surface area contributed by atoms with Crippen molar-refractivity contribution >= 4 is 38.9 Å². The highest BCUT2D eigenvalue weighted by Gasteiger charge is 2.25. The lowest BCUT2D eigenvalue weighted by Crippen LogP contribution is -2.31. The number of benzene rings is 2. The molecule has 0 N–H and O–H groups in total. The van der Waals surface area contributed by atoms with Gasteiger partial charge in [0.2, 0.25) is 10.0 Å². The Morgan fingerprint density at radius 2 is 1.49 bits per heavy atom. The summed E-state index contributed by atoms with van der Waals surface area (Å²) in [6.45, 7) is 1.07. The summed E-state index contributed by atoms with van der Waals surface area (Å²) in [6, 6.07) is 14.2. The van der Waals surface area contributed by atoms with E-state index in [0.29, 0.717) is 41.4 Å². The first-order valence-corrected chi connectivity index (χ1v) is 13.6. The van der Waals surface area contributed by atoms with Crippen LogP contribution in [0.25, 0.3) is 28.3 Å². The molecule has 35 heavy (non-hydrogen) atoms. The number of alkyl halides is 2. The maximum atomic E-state index is 13.4. The van der Waals surface area contributed by atoms with Crippen molar-refractivity contribution in [2.45, 2.75) is 35.4 Å². The fourth-order valence-corrected chi connectivity index (χ4v) is 5.87. The van der Waals surface area contributed by atoms with Crippen LogP contribution in [-0.2, 0) is 10.0 Å². The second-order valence-corrected chi connectivity index (χ2v) is 11.4. The molecular weight excluding hydrogens is 512 g/mol. The molecule has 11 heteroatoms. The van der Waals surface area contributed by atoms with Crippen molar-refractivity contribution < 1.29 is 12.8 Å². The quantitative estimate of drug-likeness (QED) is 0.310. The molecule has 1 fully saturated rings. The van der Waals surface area contributed by atoms with E-state index in [-0.39, 0.29) is 16.5 Å². The number of aromatic nitrogens is 4. The Morgan fingerprint density at radius 1 is 0.857 bits per heavy atom. The molecule has 182 valence electrons. The molecular formula is C24H22Cl2FN5O2S. The number of fused-ring (bicyclic) bond motifs is 1. The predicted octanol–water partition coefficient (Wildman–Crippen LogP) is 5.64. The summed E-state index contributed by atoms with van der Waals surface area (Å²) < 4.78 is 42.8. The highest BCUT2D eigenvalue weighted by atomic mass is 35.5. The van der Waals surface area contributed by atoms with E-state index >= 15 is 0 Å². The Bertz CT molecular complexity index is 1450. The van der Waals surface area contributed by atoms with E-state index in [1.807, 2.05) is 0 Å². The van der Waals surface area contributed by atoms with E-state index in [1.165, 1.54) is 16.6 Å². The van der Waals surface area contributed by atoms with Crippen LogP contribution in [0.15, 0.2) is 59.5 Å². The van der Waals surface area contributed by atoms with E-state index in [4.69, 9.17) is 23.2 Å². The molecule has 1 aliphatic heterocycles. The van der Waals surface area contributed by atoms with Gasteiger partial charge in [0, 0.05) is 30.3 Å². The van der Waals surface area contributed by atoms with Gasteiger partial charge < -0.3 is 0 Å². The first-order valence-electron chi connectivity index (χ1n) is 11.3. The molecule has 1 saturated heterocycles. The molecule has 0 atom stereocenters. The van der Waals surface area contributed by atoms with Gasteiger partial charge in [-0.3, -0.25) is 0 Å². The Hall–Kier alpha value is -2.59. The lowest BCUT2D eigenvalue weighted by molar-refractivity contribution is 0.424. The number of sulfonamides is 1. The van der Waals surface area contributed by atoms with Gasteiger partial charge in [0.1, 0.15) is 5.82 Å². The molecule has 0 spiro atoms. The monoisotopic (exact) mass is 533 g/mol. The maximum absolute atomic E-state index is 13.4. The lowest BCUT2D eigenvalue weighted by Gasteiger charge is -2.20. The Morgan fingerprint density at radius 3 is 2.11 bits per heavy atom. The van der Waals surface area contributed by atoms with Crippen LogP contribution in [0, 0.1) is 5.82 Å². The standard InChI is InChI=1S/C24H22Cl2FN5O2S/c25-22(26)23-28-21-15-20(16-5-9-18(27)10-6-16)30-32(21)24(29-23)17-7-11-19(12-8-17)35(33,34)31-13-3-1-2-4-14-31/h5-12,15,22H,1-4,13-14H2. The van der Waals surface area contributed by atoms with E-state index in [2.05, 4.69) is 15.1 Å². The molecule has 2 aromatic carbocycles. The van der Waals surface area contributed by atoms with Crippen molar-refractivity contribution in [3.8, 4) is 22.6 Å². The fourth-order valence-electron chi connectivity index (χ4n) is 4.16. The van der Waals surface area contributed by atoms with Crippen molar-refractivity contribution in [2.24, 2.45) is 0 Å². The minimum absolute atomic E-state index is 0.197. The molecule has 0 saturated carbocycles. The average Bonchev–Trinajstić information content (AvgIpc) is 3.08. The maximum Gasteiger partial charge on any atom is 0.243 e. The van der Waals surface area contributed by atoms with Gasteiger partial charge in [-0.2, -0.15) is 13.9 Å². The van der Waals surface area contributed by atoms with Crippen molar-refractivity contribution in [1.82, 2.24) is 23.9 Å². The number of nitrogens with zero attached hydrogens (tertiary/aromatic N) is 5. The molecule has 7 nitrogen and oxygen atoms in total. The summed E-state index contributed by atoms with van der Waals surface area (Å²) in [4.78, 5) is 8.16. The Labute approximate surface area is 212 Å². The summed E-state index contributed by atoms with van der Waals surface area (Å²) >= 11 is 12.1. The minimum Gasteiger partial charge on any atom is -0.211 e. The Kier molecular flexibility index (Phi) is 6.76. The van der Waals surface area contributed by atoms with Gasteiger partial charge in [-0.15, -0.1) is 0 Å². The topological polar surface area (TPSA) is 80.5 Å². The smallest absolute Gasteiger partial charge is 0.211 e. The van der Waals surface area contributed by atoms with Crippen LogP contribution in [0.3, 0.4) is 0 Å². The van der Waals surface area contributed by atoms with E-state index < -0.39 is 14.9 Å². The highest BCUT2D eigenvalue weighted by molar-refractivity contribution is 7.89. The number of hydrogen-bond donors (Lipinski definition) is 0. The van der Waals surface area contributed by atoms with E-state index in [0.717, 1.165) is 25.7 Å². The van der Waals surface area contributed by atoms with Crippen molar-refractivity contribution in [2.75, 3.05) is 13.1 Å². The second-order valence-electron chi connectivity index (χ2n) is 8.36. The van der Waals surface area contributed by atoms with Gasteiger partial charge in [-0.25, -0.2) is 22.8 Å². The van der Waals surface area contributed by atoms with Gasteiger partial charge in [0.15, 0.2) is 22.1 Å². The second kappa shape index (κ2) is 9.81. The van der Waals surface area contributed by atoms with Crippen molar-refractivity contribution in [3.63, 3.8) is 0 Å². The van der Waals surface area contributed by atoms with Gasteiger partial charge in [0.25, 0.3) is 0 Å². The highest BCUT2D eigenvalue weighted by Crippen LogP contribution is 2.29. The zero-order chi connectivity index (χ0) is 24.6. The zero-order valence-electron chi connectivity index (χ0n) is 18.6. The summed E-state index contributed by atoms with van der Waals surface area (Å²) in [6.07, 6.45) is 3.82. The third-order valence-corrected chi connectivity index (χ3v) is 8.29. The van der Waals surface area contributed by atoms with Gasteiger partial charge >= 0.3 is 0 Å². The normalized spacial score (nSPS) is 15.5. The first-order chi connectivity index (χ1) is 16.8. The van der Waals surface area contributed by atoms with Crippen LogP contribution in [0.2, 0.25) is 0 Å². The molecule has 3 heterocycles. The van der Waals surface area contributed by atoms with Crippen LogP contribution in [-0.4, -0.2) is 45.4 Å². The van der Waals surface area contributed by atoms with Crippen LogP contribution < -0.4 is 0 Å². The van der Waals surface area contributed by atoms with Crippen LogP contribution in [0.1, 0.15) is 36.3 Å². The van der Waals surface area contributed by atoms with Gasteiger partial charge in [-0.1, -0.05) is 36.0 Å². The van der Waals surface area contributed by atoms with Crippen molar-refractivity contribution in [3.05, 3.63) is 66.2 Å². The van der Waals surface area contributed by atoms with Crippen LogP contribution in [0.5, 0.6) is 0 Å². The van der Waals surface area contributed by atoms with E-state index in [9.17, 15) is 12.8 Å². The lowest BCUT2D eigenvalue weighted by atomic mass is 10.1. The Balaban J connectivity index is 1.56. The fraction of sp³-hybridized carbons (Fsp3) is 0.292. The third kappa shape index (κ3) is 4.91. The molecule has 0 aliphatic carbocycles. The molecule has 2 aromatic heterocycles. The molecule has 0 amide bonds. The number of halogens is 3. The summed E-state index contributed by atoms with van der Waals surface area (Å²) in [5.41, 5.74) is 2.35. The summed E-state index contributed by atoms with van der Waals surface area (Å²) in [7, 11) is -3.58. The van der Waals surface area contributed by atoms with Crippen LogP contribution in [0.4, 0.5) is 4.39 Å². The zero-order valence-corrected chi connectivity index (χ0v) is 20.9. The molecule has 1 aliphatic rings. The number of hydrogen-bond acceptors (Lipinski definition) is 5. The van der Waals surface area contributed by atoms with E-state index in [1.54, 1.807) is 46.8 Å². The molecule has 0 bridgehead atoms. The molecule has 5 rings (SSSR count). The van der Waals surface area contributed by atoms with Gasteiger partial charge in [0.05, 0.1) is 10.6 Å². The molecule has 4 aromatic rings. The number of rotatable bonds is 5. The molecule has 0 unspecified atom stereocenters. The molecule has 0 radical (unpaired) electrons. The first kappa shape index (κ1) is 24.1. The minimum atomic E-state index is -3.58. The van der Waals surface area contributed by atoms with Gasteiger partial charge in [-0.05, 0) is 61.4 Å². The average molecular weight is 534 g/mol. The third-order valence-electron chi connectivity index (χ3n) is 5.99. The SMILES string of the molecule is O=S(=O)(c1ccc(-c2nc(C(Cl)Cl)nc3cc(-c4ccc(F)cc4)nn23)cc1)N1CCCCCC1. The largest absolute Gasteiger partial charge is 0.243 e. The summed E-state index contributed by atoms with van der Waals surface area (Å²) in [5.74, 6) is 0.258. The van der Waals surface area contributed by atoms with Crippen molar-refractivity contribution in [1.29, 1.82) is 0 Å². The summed E-state index contributed by atoms with van der Waals surface area (Å²) in [5, 5.41) is 4.60. The predicted molar refractivity (Wildman–Crippen MR) is 133 cm³/mol.